The van der Waals surface area contributed by atoms with E-state index in [9.17, 15) is 10.1 Å². The third-order valence-corrected chi connectivity index (χ3v) is 5.35. The average molecular weight is 400 g/mol. The van der Waals surface area contributed by atoms with Gasteiger partial charge in [-0.05, 0) is 49.9 Å². The number of hydrogen-bond acceptors (Lipinski definition) is 5. The molecule has 5 nitrogen and oxygen atoms in total. The number of ether oxygens (including phenoxy) is 1. The van der Waals surface area contributed by atoms with Gasteiger partial charge in [-0.2, -0.15) is 5.26 Å². The first-order chi connectivity index (χ1) is 14.6. The highest BCUT2D eigenvalue weighted by Crippen LogP contribution is 2.58. The minimum absolute atomic E-state index is 0.0135. The second-order valence-electron chi connectivity index (χ2n) is 7.60. The van der Waals surface area contributed by atoms with Crippen LogP contribution in [0.15, 0.2) is 47.0 Å². The van der Waals surface area contributed by atoms with Crippen LogP contribution < -0.4 is 4.74 Å². The number of carbonyl (C=O) groups excluding carboxylic acids is 1. The van der Waals surface area contributed by atoms with E-state index in [1.54, 1.807) is 18.3 Å². The fourth-order valence-corrected chi connectivity index (χ4v) is 4.04. The molecule has 0 bridgehead atoms. The first kappa shape index (κ1) is 19.9. The third-order valence-electron chi connectivity index (χ3n) is 5.35. The van der Waals surface area contributed by atoms with E-state index in [1.807, 2.05) is 52.0 Å². The van der Waals surface area contributed by atoms with Crippen LogP contribution in [-0.4, -0.2) is 16.9 Å². The van der Waals surface area contributed by atoms with Crippen LogP contribution in [0.1, 0.15) is 61.5 Å². The number of fused-ring (bicyclic) bond motifs is 3. The van der Waals surface area contributed by atoms with Crippen molar-refractivity contribution in [3.63, 3.8) is 0 Å². The van der Waals surface area contributed by atoms with Gasteiger partial charge >= 0.3 is 0 Å². The zero-order valence-electron chi connectivity index (χ0n) is 17.6. The van der Waals surface area contributed by atoms with E-state index in [0.717, 1.165) is 23.1 Å². The number of rotatable bonds is 4. The van der Waals surface area contributed by atoms with Gasteiger partial charge in [0.15, 0.2) is 11.5 Å². The number of ketones is 1. The number of aromatic nitrogens is 1. The van der Waals surface area contributed by atoms with E-state index in [0.29, 0.717) is 34.4 Å². The summed E-state index contributed by atoms with van der Waals surface area (Å²) < 4.78 is 11.7. The highest BCUT2D eigenvalue weighted by molar-refractivity contribution is 6.07. The van der Waals surface area contributed by atoms with Crippen molar-refractivity contribution in [1.82, 2.24) is 4.98 Å². The van der Waals surface area contributed by atoms with Gasteiger partial charge in [-0.25, -0.2) is 4.98 Å². The molecule has 2 aromatic carbocycles. The molecule has 5 rings (SSSR count). The predicted molar refractivity (Wildman–Crippen MR) is 114 cm³/mol. The molecule has 1 saturated carbocycles. The Morgan fingerprint density at radius 1 is 1.17 bits per heavy atom. The first-order valence-electron chi connectivity index (χ1n) is 10.4. The molecule has 0 radical (unpaired) electrons. The summed E-state index contributed by atoms with van der Waals surface area (Å²) in [5, 5.41) is 9.44. The first-order valence-corrected chi connectivity index (χ1v) is 10.4. The van der Waals surface area contributed by atoms with Gasteiger partial charge in [0.1, 0.15) is 11.8 Å². The van der Waals surface area contributed by atoms with Crippen molar-refractivity contribution in [3.8, 4) is 34.6 Å². The summed E-state index contributed by atoms with van der Waals surface area (Å²) in [5.41, 5.74) is 4.01. The molecule has 0 spiro atoms. The van der Waals surface area contributed by atoms with Crippen molar-refractivity contribution in [2.75, 3.05) is 0 Å². The molecule has 0 saturated heterocycles. The molecule has 1 fully saturated rings. The minimum atomic E-state index is -0.0135. The smallest absolute Gasteiger partial charge is 0.226 e. The molecule has 2 unspecified atom stereocenters. The molecule has 2 aliphatic carbocycles. The highest BCUT2D eigenvalue weighted by Gasteiger charge is 2.52. The molecule has 1 heterocycles. The Morgan fingerprint density at radius 3 is 2.67 bits per heavy atom. The summed E-state index contributed by atoms with van der Waals surface area (Å²) in [4.78, 5) is 16.7. The minimum Gasteiger partial charge on any atom is -0.490 e. The van der Waals surface area contributed by atoms with E-state index in [4.69, 9.17) is 9.15 Å². The normalized spacial score (nSPS) is 18.2. The number of carbonyl (C=O) groups is 1. The van der Waals surface area contributed by atoms with Crippen molar-refractivity contribution in [2.45, 2.75) is 46.1 Å². The van der Waals surface area contributed by atoms with Gasteiger partial charge in [0.25, 0.3) is 0 Å². The van der Waals surface area contributed by atoms with Crippen LogP contribution in [-0.2, 0) is 0 Å². The molecule has 0 aliphatic heterocycles. The Morgan fingerprint density at radius 2 is 1.93 bits per heavy atom. The average Bonchev–Trinajstić information content (AvgIpc) is 3.31. The van der Waals surface area contributed by atoms with Crippen LogP contribution in [0.4, 0.5) is 0 Å². The second-order valence-corrected chi connectivity index (χ2v) is 7.60. The quantitative estimate of drug-likeness (QED) is 0.537. The molecule has 2 atom stereocenters. The van der Waals surface area contributed by atoms with E-state index in [-0.39, 0.29) is 17.8 Å². The van der Waals surface area contributed by atoms with Gasteiger partial charge in [-0.3, -0.25) is 4.79 Å². The maximum atomic E-state index is 12.3. The van der Waals surface area contributed by atoms with E-state index >= 15 is 0 Å². The lowest BCUT2D eigenvalue weighted by atomic mass is 9.98. The number of nitrogens with zero attached hydrogens (tertiary/aromatic N) is 2. The molecule has 0 N–H and O–H groups in total. The second kappa shape index (κ2) is 7.79. The van der Waals surface area contributed by atoms with E-state index in [1.165, 1.54) is 0 Å². The van der Waals surface area contributed by atoms with Gasteiger partial charge in [0, 0.05) is 22.6 Å². The summed E-state index contributed by atoms with van der Waals surface area (Å²) >= 11 is 0. The molecule has 30 heavy (non-hydrogen) atoms. The van der Waals surface area contributed by atoms with Crippen molar-refractivity contribution in [1.29, 1.82) is 5.26 Å². The van der Waals surface area contributed by atoms with Gasteiger partial charge < -0.3 is 9.15 Å². The Balaban J connectivity index is 0.00000106. The summed E-state index contributed by atoms with van der Waals surface area (Å²) in [6.45, 7) is 7.84. The number of oxazole rings is 1. The van der Waals surface area contributed by atoms with Crippen LogP contribution >= 0.6 is 0 Å². The van der Waals surface area contributed by atoms with Gasteiger partial charge in [0.2, 0.25) is 5.89 Å². The number of hydrogen-bond donors (Lipinski definition) is 0. The molecule has 0 amide bonds. The Bertz CT molecular complexity index is 1150. The number of nitriles is 1. The Kier molecular flexibility index (Phi) is 5.17. The van der Waals surface area contributed by atoms with Crippen molar-refractivity contribution in [3.05, 3.63) is 59.3 Å². The van der Waals surface area contributed by atoms with Crippen LogP contribution in [0.2, 0.25) is 0 Å². The fraction of sp³-hybridized carbons (Fsp3) is 0.320. The Hall–Kier alpha value is -3.39. The van der Waals surface area contributed by atoms with Crippen molar-refractivity contribution in [2.24, 2.45) is 5.92 Å². The molecule has 3 aromatic rings. The van der Waals surface area contributed by atoms with Gasteiger partial charge in [-0.1, -0.05) is 32.0 Å². The lowest BCUT2D eigenvalue weighted by molar-refractivity contribution is 0.0974. The highest BCUT2D eigenvalue weighted by atomic mass is 16.5. The van der Waals surface area contributed by atoms with Crippen LogP contribution in [0, 0.1) is 17.2 Å². The van der Waals surface area contributed by atoms with Crippen LogP contribution in [0.5, 0.6) is 5.75 Å². The lowest BCUT2D eigenvalue weighted by Gasteiger charge is -2.11. The molecular weight excluding hydrogens is 376 g/mol. The summed E-state index contributed by atoms with van der Waals surface area (Å²) in [6, 6.07) is 13.3. The van der Waals surface area contributed by atoms with Crippen LogP contribution in [0.25, 0.3) is 22.8 Å². The number of Topliss-reactive ketones (excluding diaryl/α,β-unsaturated/α-hetero) is 1. The molecule has 2 aliphatic rings. The predicted octanol–water partition coefficient (Wildman–Crippen LogP) is 5.99. The maximum absolute atomic E-state index is 12.3. The SMILES string of the molecule is CC.CC(C)Oc1ccc(-c2ncc(-c3cccc4c3C3CC3C4=O)o2)cc1C#N. The third kappa shape index (κ3) is 3.29. The van der Waals surface area contributed by atoms with Gasteiger partial charge in [0.05, 0.1) is 17.9 Å². The molecule has 152 valence electrons. The monoisotopic (exact) mass is 400 g/mol. The van der Waals surface area contributed by atoms with Crippen molar-refractivity contribution < 1.29 is 13.9 Å². The standard InChI is InChI=1S/C23H18N2O3.C2H6/c1-12(2)27-19-7-6-13(8-14(19)10-24)23-25-11-20(28-23)15-4-3-5-16-21(15)17-9-18(17)22(16)26;1-2/h3-8,11-12,17-18H,9H2,1-2H3;1-2H3. The fourth-order valence-electron chi connectivity index (χ4n) is 4.04. The Labute approximate surface area is 176 Å². The molecular formula is C25H24N2O3. The molecule has 1 aromatic heterocycles. The van der Waals surface area contributed by atoms with Crippen LogP contribution in [0.3, 0.4) is 0 Å². The summed E-state index contributed by atoms with van der Waals surface area (Å²) in [7, 11) is 0. The topological polar surface area (TPSA) is 76.1 Å². The van der Waals surface area contributed by atoms with E-state index in [2.05, 4.69) is 11.1 Å². The zero-order chi connectivity index (χ0) is 21.4. The zero-order valence-corrected chi connectivity index (χ0v) is 17.6. The summed E-state index contributed by atoms with van der Waals surface area (Å²) in [6.07, 6.45) is 2.61. The van der Waals surface area contributed by atoms with Gasteiger partial charge in [-0.15, -0.1) is 0 Å². The van der Waals surface area contributed by atoms with Crippen molar-refractivity contribution >= 4 is 5.78 Å². The largest absolute Gasteiger partial charge is 0.490 e. The lowest BCUT2D eigenvalue weighted by Crippen LogP contribution is -2.06. The summed E-state index contributed by atoms with van der Waals surface area (Å²) in [5.74, 6) is 2.37. The number of benzene rings is 2. The molecule has 5 heteroatoms. The maximum Gasteiger partial charge on any atom is 0.226 e. The van der Waals surface area contributed by atoms with E-state index < -0.39 is 0 Å².